The van der Waals surface area contributed by atoms with Gasteiger partial charge in [0, 0.05) is 17.8 Å². The Morgan fingerprint density at radius 2 is 2.15 bits per heavy atom. The Kier molecular flexibility index (Phi) is 2.58. The van der Waals surface area contributed by atoms with E-state index in [2.05, 4.69) is 39.4 Å². The Balaban J connectivity index is 1.62. The maximum Gasteiger partial charge on any atom is 0.109 e. The van der Waals surface area contributed by atoms with Gasteiger partial charge in [-0.1, -0.05) is 18.2 Å². The van der Waals surface area contributed by atoms with Crippen LogP contribution in [0.1, 0.15) is 38.1 Å². The predicted molar refractivity (Wildman–Crippen MR) is 77.1 cm³/mol. The van der Waals surface area contributed by atoms with E-state index in [-0.39, 0.29) is 5.54 Å². The lowest BCUT2D eigenvalue weighted by Crippen LogP contribution is -2.43. The minimum Gasteiger partial charge on any atom is -0.297 e. The summed E-state index contributed by atoms with van der Waals surface area (Å²) in [6.07, 6.45) is 7.19. The molecule has 1 N–H and O–H groups in total. The van der Waals surface area contributed by atoms with Crippen LogP contribution in [-0.4, -0.2) is 21.4 Å². The Morgan fingerprint density at radius 1 is 1.30 bits per heavy atom. The molecule has 4 heteroatoms. The summed E-state index contributed by atoms with van der Waals surface area (Å²) in [5.41, 5.74) is 0.844. The van der Waals surface area contributed by atoms with Gasteiger partial charge in [-0.15, -0.1) is 0 Å². The van der Waals surface area contributed by atoms with Crippen molar-refractivity contribution in [1.82, 2.24) is 15.1 Å². The quantitative estimate of drug-likeness (QED) is 0.929. The molecule has 2 saturated carbocycles. The topological polar surface area (TPSA) is 53.6 Å². The Bertz CT molecular complexity index is 679. The van der Waals surface area contributed by atoms with Crippen LogP contribution in [0.2, 0.25) is 0 Å². The van der Waals surface area contributed by atoms with Gasteiger partial charge < -0.3 is 0 Å². The summed E-state index contributed by atoms with van der Waals surface area (Å²) in [5.74, 6) is 0. The number of nitrogens with one attached hydrogen (secondary N) is 1. The van der Waals surface area contributed by atoms with Crippen LogP contribution in [0.5, 0.6) is 0 Å². The van der Waals surface area contributed by atoms with Crippen molar-refractivity contribution in [3.63, 3.8) is 0 Å². The molecule has 2 aromatic rings. The summed E-state index contributed by atoms with van der Waals surface area (Å²) in [6.45, 7) is 0. The number of nitrogens with zero attached hydrogens (tertiary/aromatic N) is 3. The third kappa shape index (κ3) is 1.90. The first kappa shape index (κ1) is 11.9. The molecule has 102 valence electrons. The zero-order chi connectivity index (χ0) is 13.6. The molecule has 1 aromatic carbocycles. The molecular weight excluding hydrogens is 248 g/mol. The highest BCUT2D eigenvalue weighted by molar-refractivity contribution is 5.78. The van der Waals surface area contributed by atoms with Gasteiger partial charge in [0.25, 0.3) is 0 Å². The van der Waals surface area contributed by atoms with E-state index in [1.165, 1.54) is 23.7 Å². The fourth-order valence-corrected chi connectivity index (χ4v) is 3.39. The molecule has 1 heterocycles. The number of fused-ring (bicyclic) bond motifs is 1. The predicted octanol–water partition coefficient (Wildman–Crippen LogP) is 2.78. The van der Waals surface area contributed by atoms with E-state index in [9.17, 15) is 5.26 Å². The minimum absolute atomic E-state index is 0.334. The molecule has 0 bridgehead atoms. The van der Waals surface area contributed by atoms with Gasteiger partial charge in [-0.25, -0.2) is 0 Å². The van der Waals surface area contributed by atoms with Gasteiger partial charge in [0.2, 0.25) is 0 Å². The van der Waals surface area contributed by atoms with Gasteiger partial charge in [0.1, 0.15) is 5.54 Å². The molecule has 0 radical (unpaired) electrons. The zero-order valence-corrected chi connectivity index (χ0v) is 11.4. The summed E-state index contributed by atoms with van der Waals surface area (Å²) in [5, 5.41) is 18.9. The number of hydrogen-bond donors (Lipinski definition) is 1. The molecule has 4 rings (SSSR count). The van der Waals surface area contributed by atoms with Gasteiger partial charge in [0.05, 0.1) is 23.8 Å². The summed E-state index contributed by atoms with van der Waals surface area (Å²) < 4.78 is 2.11. The zero-order valence-electron chi connectivity index (χ0n) is 11.4. The van der Waals surface area contributed by atoms with Crippen LogP contribution in [0.15, 0.2) is 30.5 Å². The molecular formula is C16H18N4. The molecule has 2 fully saturated rings. The molecule has 20 heavy (non-hydrogen) atoms. The highest BCUT2D eigenvalue weighted by Gasteiger charge is 2.43. The van der Waals surface area contributed by atoms with Crippen molar-refractivity contribution in [2.45, 2.75) is 49.7 Å². The third-order valence-corrected chi connectivity index (χ3v) is 4.61. The van der Waals surface area contributed by atoms with Crippen LogP contribution in [0, 0.1) is 11.3 Å². The average molecular weight is 266 g/mol. The molecule has 4 nitrogen and oxygen atoms in total. The number of aromatic nitrogens is 2. The molecule has 2 aliphatic rings. The lowest BCUT2D eigenvalue weighted by atomic mass is 9.99. The molecule has 2 aliphatic carbocycles. The molecule has 0 amide bonds. The van der Waals surface area contributed by atoms with Crippen molar-refractivity contribution in [2.24, 2.45) is 0 Å². The standard InChI is InChI=1S/C16H18N4/c17-11-16(19-13-5-6-13)8-7-14(9-16)20-15-4-2-1-3-12(15)10-18-20/h1-4,10,13-14,19H,5-9H2. The first-order valence-electron chi connectivity index (χ1n) is 7.41. The lowest BCUT2D eigenvalue weighted by Gasteiger charge is -2.22. The summed E-state index contributed by atoms with van der Waals surface area (Å²) in [6, 6.07) is 11.7. The summed E-state index contributed by atoms with van der Waals surface area (Å²) in [4.78, 5) is 0. The highest BCUT2D eigenvalue weighted by atomic mass is 15.3. The minimum atomic E-state index is -0.334. The first-order chi connectivity index (χ1) is 9.80. The van der Waals surface area contributed by atoms with Crippen LogP contribution in [0.4, 0.5) is 0 Å². The maximum atomic E-state index is 9.58. The number of hydrogen-bond acceptors (Lipinski definition) is 3. The molecule has 2 atom stereocenters. The van der Waals surface area contributed by atoms with E-state index in [4.69, 9.17) is 0 Å². The maximum absolute atomic E-state index is 9.58. The van der Waals surface area contributed by atoms with Crippen LogP contribution in [0.25, 0.3) is 10.9 Å². The first-order valence-corrected chi connectivity index (χ1v) is 7.41. The smallest absolute Gasteiger partial charge is 0.109 e. The number of benzene rings is 1. The number of rotatable bonds is 3. The Morgan fingerprint density at radius 3 is 2.95 bits per heavy atom. The van der Waals surface area contributed by atoms with Gasteiger partial charge >= 0.3 is 0 Å². The van der Waals surface area contributed by atoms with Crippen molar-refractivity contribution in [1.29, 1.82) is 5.26 Å². The van der Waals surface area contributed by atoms with Crippen molar-refractivity contribution in [3.8, 4) is 6.07 Å². The fourth-order valence-electron chi connectivity index (χ4n) is 3.39. The van der Waals surface area contributed by atoms with Crippen LogP contribution in [-0.2, 0) is 0 Å². The van der Waals surface area contributed by atoms with Crippen LogP contribution in [0.3, 0.4) is 0 Å². The van der Waals surface area contributed by atoms with Crippen molar-refractivity contribution >= 4 is 10.9 Å². The second kappa shape index (κ2) is 4.32. The van der Waals surface area contributed by atoms with E-state index in [0.717, 1.165) is 19.3 Å². The summed E-state index contributed by atoms with van der Waals surface area (Å²) in [7, 11) is 0. The highest BCUT2D eigenvalue weighted by Crippen LogP contribution is 2.40. The molecule has 1 aromatic heterocycles. The lowest BCUT2D eigenvalue weighted by molar-refractivity contribution is 0.389. The van der Waals surface area contributed by atoms with E-state index in [1.54, 1.807) is 0 Å². The van der Waals surface area contributed by atoms with E-state index in [0.29, 0.717) is 12.1 Å². The summed E-state index contributed by atoms with van der Waals surface area (Å²) >= 11 is 0. The van der Waals surface area contributed by atoms with Gasteiger partial charge in [-0.2, -0.15) is 10.4 Å². The largest absolute Gasteiger partial charge is 0.297 e. The Labute approximate surface area is 118 Å². The normalized spacial score (nSPS) is 29.6. The Hall–Kier alpha value is -1.86. The molecule has 0 saturated heterocycles. The monoisotopic (exact) mass is 266 g/mol. The van der Waals surface area contributed by atoms with Gasteiger partial charge in [0.15, 0.2) is 0 Å². The second-order valence-corrected chi connectivity index (χ2v) is 6.16. The van der Waals surface area contributed by atoms with Crippen LogP contribution >= 0.6 is 0 Å². The van der Waals surface area contributed by atoms with Crippen molar-refractivity contribution in [3.05, 3.63) is 30.5 Å². The average Bonchev–Trinajstić information content (AvgIpc) is 3.03. The number of nitriles is 1. The third-order valence-electron chi connectivity index (χ3n) is 4.61. The van der Waals surface area contributed by atoms with E-state index in [1.807, 2.05) is 12.3 Å². The van der Waals surface area contributed by atoms with E-state index < -0.39 is 0 Å². The van der Waals surface area contributed by atoms with E-state index >= 15 is 0 Å². The molecule has 2 unspecified atom stereocenters. The number of para-hydroxylation sites is 1. The SMILES string of the molecule is N#CC1(NC2CC2)CCC(n2ncc3ccccc32)C1. The fraction of sp³-hybridized carbons (Fsp3) is 0.500. The van der Waals surface area contributed by atoms with Crippen LogP contribution < -0.4 is 5.32 Å². The van der Waals surface area contributed by atoms with Gasteiger partial charge in [-0.05, 0) is 31.7 Å². The van der Waals surface area contributed by atoms with Crippen molar-refractivity contribution in [2.75, 3.05) is 0 Å². The molecule has 0 spiro atoms. The van der Waals surface area contributed by atoms with Crippen molar-refractivity contribution < 1.29 is 0 Å². The second-order valence-electron chi connectivity index (χ2n) is 6.16. The van der Waals surface area contributed by atoms with Gasteiger partial charge in [-0.3, -0.25) is 10.00 Å². The molecule has 0 aliphatic heterocycles.